The second-order valence-corrected chi connectivity index (χ2v) is 6.30. The van der Waals surface area contributed by atoms with Gasteiger partial charge in [-0.25, -0.2) is 0 Å². The minimum atomic E-state index is 0.490. The summed E-state index contributed by atoms with van der Waals surface area (Å²) in [6.45, 7) is 3.56. The van der Waals surface area contributed by atoms with Gasteiger partial charge in [0.05, 0.1) is 0 Å². The van der Waals surface area contributed by atoms with Gasteiger partial charge in [0.2, 0.25) is 0 Å². The van der Waals surface area contributed by atoms with Crippen molar-refractivity contribution in [3.05, 3.63) is 0 Å². The summed E-state index contributed by atoms with van der Waals surface area (Å²) in [6, 6.07) is 2.14. The van der Waals surface area contributed by atoms with E-state index in [1.807, 2.05) is 0 Å². The second kappa shape index (κ2) is 5.55. The molecule has 2 bridgehead atoms. The van der Waals surface area contributed by atoms with Crippen LogP contribution in [0.5, 0.6) is 0 Å². The van der Waals surface area contributed by atoms with Gasteiger partial charge < -0.3 is 5.73 Å². The molecule has 0 aromatic rings. The molecule has 2 atom stereocenters. The first-order valence-electron chi connectivity index (χ1n) is 6.40. The summed E-state index contributed by atoms with van der Waals surface area (Å²) in [5.74, 6) is 2.59. The van der Waals surface area contributed by atoms with E-state index in [0.717, 1.165) is 12.1 Å². The zero-order valence-electron chi connectivity index (χ0n) is 9.82. The van der Waals surface area contributed by atoms with Crippen molar-refractivity contribution >= 4 is 11.8 Å². The third-order valence-corrected chi connectivity index (χ3v) is 4.82. The van der Waals surface area contributed by atoms with Crippen molar-refractivity contribution < 1.29 is 0 Å². The average Bonchev–Trinajstić information content (AvgIpc) is 2.46. The molecule has 0 amide bonds. The highest BCUT2D eigenvalue weighted by molar-refractivity contribution is 7.99. The average molecular weight is 228 g/mol. The van der Waals surface area contributed by atoms with Crippen LogP contribution in [0.3, 0.4) is 0 Å². The van der Waals surface area contributed by atoms with Crippen LogP contribution in [0.1, 0.15) is 39.0 Å². The van der Waals surface area contributed by atoms with Gasteiger partial charge in [-0.15, -0.1) is 0 Å². The lowest BCUT2D eigenvalue weighted by Crippen LogP contribution is -2.47. The predicted molar refractivity (Wildman–Crippen MR) is 68.3 cm³/mol. The molecule has 2 saturated heterocycles. The van der Waals surface area contributed by atoms with E-state index in [-0.39, 0.29) is 0 Å². The number of fused-ring (bicyclic) bond motifs is 2. The van der Waals surface area contributed by atoms with Crippen LogP contribution in [0.25, 0.3) is 0 Å². The van der Waals surface area contributed by atoms with Crippen molar-refractivity contribution in [1.29, 1.82) is 0 Å². The Morgan fingerprint density at radius 1 is 1.27 bits per heavy atom. The molecule has 2 rings (SSSR count). The van der Waals surface area contributed by atoms with Crippen molar-refractivity contribution in [3.63, 3.8) is 0 Å². The van der Waals surface area contributed by atoms with Crippen molar-refractivity contribution in [1.82, 2.24) is 4.90 Å². The van der Waals surface area contributed by atoms with Crippen LogP contribution in [0.15, 0.2) is 0 Å². The first kappa shape index (κ1) is 11.7. The molecule has 88 valence electrons. The molecule has 0 spiro atoms. The largest absolute Gasteiger partial charge is 0.328 e. The van der Waals surface area contributed by atoms with Gasteiger partial charge in [-0.1, -0.05) is 6.92 Å². The van der Waals surface area contributed by atoms with Gasteiger partial charge in [0, 0.05) is 18.1 Å². The highest BCUT2D eigenvalue weighted by Gasteiger charge is 2.38. The fourth-order valence-electron chi connectivity index (χ4n) is 3.17. The predicted octanol–water partition coefficient (Wildman–Crippen LogP) is 2.08. The Balaban J connectivity index is 1.74. The highest BCUT2D eigenvalue weighted by atomic mass is 32.2. The van der Waals surface area contributed by atoms with Gasteiger partial charge in [-0.2, -0.15) is 11.8 Å². The zero-order chi connectivity index (χ0) is 10.7. The van der Waals surface area contributed by atoms with E-state index in [2.05, 4.69) is 23.6 Å². The van der Waals surface area contributed by atoms with E-state index < -0.39 is 0 Å². The Morgan fingerprint density at radius 2 is 1.93 bits per heavy atom. The molecule has 0 aliphatic carbocycles. The molecule has 2 heterocycles. The summed E-state index contributed by atoms with van der Waals surface area (Å²) < 4.78 is 0. The molecule has 0 aromatic heterocycles. The number of nitrogens with zero attached hydrogens (tertiary/aromatic N) is 1. The van der Waals surface area contributed by atoms with Crippen LogP contribution in [0.4, 0.5) is 0 Å². The van der Waals surface area contributed by atoms with Gasteiger partial charge in [0.15, 0.2) is 0 Å². The topological polar surface area (TPSA) is 29.3 Å². The number of hydrogen-bond donors (Lipinski definition) is 1. The maximum absolute atomic E-state index is 6.06. The van der Waals surface area contributed by atoms with E-state index in [1.165, 1.54) is 50.2 Å². The van der Waals surface area contributed by atoms with Gasteiger partial charge in [-0.3, -0.25) is 4.90 Å². The number of nitrogens with two attached hydrogens (primary N) is 1. The van der Waals surface area contributed by atoms with Crippen LogP contribution in [-0.4, -0.2) is 41.1 Å². The molecule has 2 fully saturated rings. The van der Waals surface area contributed by atoms with Crippen molar-refractivity contribution in [2.75, 3.05) is 18.1 Å². The summed E-state index contributed by atoms with van der Waals surface area (Å²) >= 11 is 2.07. The molecule has 0 saturated carbocycles. The van der Waals surface area contributed by atoms with E-state index in [0.29, 0.717) is 6.04 Å². The Labute approximate surface area is 98.0 Å². The van der Waals surface area contributed by atoms with Crippen LogP contribution >= 0.6 is 11.8 Å². The molecular formula is C12H24N2S. The van der Waals surface area contributed by atoms with Crippen molar-refractivity contribution in [3.8, 4) is 0 Å². The van der Waals surface area contributed by atoms with Crippen LogP contribution in [-0.2, 0) is 0 Å². The molecule has 2 nitrogen and oxygen atoms in total. The zero-order valence-corrected chi connectivity index (χ0v) is 10.6. The van der Waals surface area contributed by atoms with Crippen LogP contribution in [0, 0.1) is 0 Å². The maximum Gasteiger partial charge on any atom is 0.0113 e. The molecule has 15 heavy (non-hydrogen) atoms. The van der Waals surface area contributed by atoms with Gasteiger partial charge in [0.1, 0.15) is 0 Å². The Kier molecular flexibility index (Phi) is 4.35. The summed E-state index contributed by atoms with van der Waals surface area (Å²) in [5, 5.41) is 0. The molecule has 2 N–H and O–H groups in total. The normalized spacial score (nSPS) is 36.0. The molecule has 2 aliphatic heterocycles. The lowest BCUT2D eigenvalue weighted by Gasteiger charge is -2.37. The number of rotatable bonds is 5. The molecule has 2 aliphatic rings. The molecule has 3 heteroatoms. The SMILES string of the molecule is CCSCCCN1C2CCC1CC(N)C2. The van der Waals surface area contributed by atoms with Crippen LogP contribution in [0.2, 0.25) is 0 Å². The van der Waals surface area contributed by atoms with Gasteiger partial charge in [-0.05, 0) is 50.2 Å². The van der Waals surface area contributed by atoms with E-state index in [9.17, 15) is 0 Å². The molecule has 0 aromatic carbocycles. The smallest absolute Gasteiger partial charge is 0.0113 e. The third kappa shape index (κ3) is 2.89. The first-order chi connectivity index (χ1) is 7.31. The van der Waals surface area contributed by atoms with E-state index in [4.69, 9.17) is 5.73 Å². The summed E-state index contributed by atoms with van der Waals surface area (Å²) in [7, 11) is 0. The quantitative estimate of drug-likeness (QED) is 0.731. The number of thioether (sulfide) groups is 1. The Hall–Kier alpha value is 0.270. The fourth-order valence-corrected chi connectivity index (χ4v) is 3.80. The summed E-state index contributed by atoms with van der Waals surface area (Å²) in [6.07, 6.45) is 6.66. The lowest BCUT2D eigenvalue weighted by atomic mass is 9.98. The third-order valence-electron chi connectivity index (χ3n) is 3.83. The minimum absolute atomic E-state index is 0.490. The number of piperidine rings is 1. The Morgan fingerprint density at radius 3 is 2.53 bits per heavy atom. The van der Waals surface area contributed by atoms with Crippen molar-refractivity contribution in [2.45, 2.75) is 57.2 Å². The molecular weight excluding hydrogens is 204 g/mol. The van der Waals surface area contributed by atoms with Gasteiger partial charge >= 0.3 is 0 Å². The first-order valence-corrected chi connectivity index (χ1v) is 7.55. The van der Waals surface area contributed by atoms with Crippen molar-refractivity contribution in [2.24, 2.45) is 5.73 Å². The lowest BCUT2D eigenvalue weighted by molar-refractivity contribution is 0.128. The minimum Gasteiger partial charge on any atom is -0.328 e. The summed E-state index contributed by atoms with van der Waals surface area (Å²) in [4.78, 5) is 2.75. The molecule has 0 radical (unpaired) electrons. The number of hydrogen-bond acceptors (Lipinski definition) is 3. The Bertz CT molecular complexity index is 184. The monoisotopic (exact) mass is 228 g/mol. The fraction of sp³-hybridized carbons (Fsp3) is 1.00. The standard InChI is InChI=1S/C12H24N2S/c1-2-15-7-3-6-14-11-4-5-12(14)9-10(13)8-11/h10-12H,2-9,13H2,1H3. The highest BCUT2D eigenvalue weighted by Crippen LogP contribution is 2.34. The van der Waals surface area contributed by atoms with Crippen LogP contribution < -0.4 is 5.73 Å². The second-order valence-electron chi connectivity index (χ2n) is 4.90. The van der Waals surface area contributed by atoms with E-state index in [1.54, 1.807) is 0 Å². The van der Waals surface area contributed by atoms with E-state index >= 15 is 0 Å². The summed E-state index contributed by atoms with van der Waals surface area (Å²) in [5.41, 5.74) is 6.06. The maximum atomic E-state index is 6.06. The molecule has 2 unspecified atom stereocenters. The van der Waals surface area contributed by atoms with Gasteiger partial charge in [0.25, 0.3) is 0 Å².